The van der Waals surface area contributed by atoms with Crippen LogP contribution in [-0.2, 0) is 6.54 Å². The third-order valence-electron chi connectivity index (χ3n) is 4.29. The van der Waals surface area contributed by atoms with E-state index in [1.165, 1.54) is 4.70 Å². The highest BCUT2D eigenvalue weighted by atomic mass is 35.5. The van der Waals surface area contributed by atoms with Crippen molar-refractivity contribution in [2.75, 3.05) is 0 Å². The first-order chi connectivity index (χ1) is 14.1. The molecule has 0 fully saturated rings. The van der Waals surface area contributed by atoms with E-state index < -0.39 is 0 Å². The number of rotatable bonds is 4. The number of benzene rings is 3. The molecular formula is C22H16ClN3OS2. The fourth-order valence-corrected chi connectivity index (χ4v) is 4.16. The molecule has 0 atom stereocenters. The van der Waals surface area contributed by atoms with E-state index in [9.17, 15) is 4.79 Å². The van der Waals surface area contributed by atoms with Gasteiger partial charge in [-0.1, -0.05) is 60.1 Å². The number of carbonyl (C=O) groups is 1. The molecule has 7 heteroatoms. The van der Waals surface area contributed by atoms with Gasteiger partial charge in [-0.25, -0.2) is 4.98 Å². The molecule has 4 aromatic rings. The van der Waals surface area contributed by atoms with Gasteiger partial charge in [-0.05, 0) is 42.0 Å². The lowest BCUT2D eigenvalue weighted by Crippen LogP contribution is -2.38. The molecule has 144 valence electrons. The minimum atomic E-state index is -0.334. The summed E-state index contributed by atoms with van der Waals surface area (Å²) in [5.74, 6) is -0.334. The van der Waals surface area contributed by atoms with Gasteiger partial charge in [-0.2, -0.15) is 0 Å². The van der Waals surface area contributed by atoms with Crippen molar-refractivity contribution in [3.63, 3.8) is 0 Å². The second-order valence-electron chi connectivity index (χ2n) is 6.30. The Labute approximate surface area is 182 Å². The number of thiazole rings is 1. The van der Waals surface area contributed by atoms with Crippen LogP contribution in [0.25, 0.3) is 20.8 Å². The largest absolute Gasteiger partial charge is 0.358 e. The molecule has 0 unspecified atom stereocenters. The molecule has 1 aromatic heterocycles. The van der Waals surface area contributed by atoms with E-state index in [1.807, 2.05) is 42.5 Å². The minimum Gasteiger partial charge on any atom is -0.358 e. The van der Waals surface area contributed by atoms with Crippen molar-refractivity contribution in [2.45, 2.75) is 6.54 Å². The summed E-state index contributed by atoms with van der Waals surface area (Å²) in [5.41, 5.74) is 3.52. The van der Waals surface area contributed by atoms with E-state index >= 15 is 0 Å². The second kappa shape index (κ2) is 8.69. The van der Waals surface area contributed by atoms with Gasteiger partial charge in [-0.15, -0.1) is 11.3 Å². The fourth-order valence-electron chi connectivity index (χ4n) is 2.80. The molecule has 0 aliphatic heterocycles. The zero-order valence-corrected chi connectivity index (χ0v) is 17.6. The summed E-state index contributed by atoms with van der Waals surface area (Å²) in [6.45, 7) is 0.502. The van der Waals surface area contributed by atoms with Crippen LogP contribution in [0.4, 0.5) is 0 Å². The van der Waals surface area contributed by atoms with Crippen molar-refractivity contribution in [3.8, 4) is 10.6 Å². The Balaban J connectivity index is 1.36. The predicted molar refractivity (Wildman–Crippen MR) is 123 cm³/mol. The smallest absolute Gasteiger partial charge is 0.258 e. The SMILES string of the molecule is O=C(NC(=S)NCc1ccc(-c2nc3ccccc3s2)cc1)c1ccccc1Cl. The number of amides is 1. The Kier molecular flexibility index (Phi) is 5.85. The van der Waals surface area contributed by atoms with Gasteiger partial charge in [0.2, 0.25) is 0 Å². The third-order valence-corrected chi connectivity index (χ3v) is 5.95. The Bertz CT molecular complexity index is 1160. The maximum absolute atomic E-state index is 12.2. The van der Waals surface area contributed by atoms with E-state index in [0.717, 1.165) is 21.7 Å². The zero-order valence-electron chi connectivity index (χ0n) is 15.2. The molecule has 1 amide bonds. The van der Waals surface area contributed by atoms with Crippen LogP contribution in [0, 0.1) is 0 Å². The van der Waals surface area contributed by atoms with Crippen molar-refractivity contribution < 1.29 is 4.79 Å². The molecule has 4 nitrogen and oxygen atoms in total. The summed E-state index contributed by atoms with van der Waals surface area (Å²) in [5, 5.41) is 7.33. The normalized spacial score (nSPS) is 10.7. The van der Waals surface area contributed by atoms with Crippen LogP contribution in [0.1, 0.15) is 15.9 Å². The van der Waals surface area contributed by atoms with E-state index in [2.05, 4.69) is 21.7 Å². The van der Waals surface area contributed by atoms with Crippen molar-refractivity contribution >= 4 is 56.4 Å². The standard InChI is InChI=1S/C22H16ClN3OS2/c23-17-6-2-1-5-16(17)20(27)26-22(28)24-13-14-9-11-15(12-10-14)21-25-18-7-3-4-8-19(18)29-21/h1-12H,13H2,(H2,24,26,27,28). The summed E-state index contributed by atoms with van der Waals surface area (Å²) >= 11 is 12.9. The first-order valence-electron chi connectivity index (χ1n) is 8.89. The summed E-state index contributed by atoms with van der Waals surface area (Å²) in [6, 6.07) is 23.1. The number of hydrogen-bond acceptors (Lipinski definition) is 4. The summed E-state index contributed by atoms with van der Waals surface area (Å²) in [6.07, 6.45) is 0. The van der Waals surface area contributed by atoms with Crippen LogP contribution in [-0.4, -0.2) is 16.0 Å². The van der Waals surface area contributed by atoms with Crippen molar-refractivity contribution in [3.05, 3.63) is 88.9 Å². The van der Waals surface area contributed by atoms with E-state index in [4.69, 9.17) is 23.8 Å². The highest BCUT2D eigenvalue weighted by Crippen LogP contribution is 2.29. The lowest BCUT2D eigenvalue weighted by atomic mass is 10.1. The minimum absolute atomic E-state index is 0.255. The first kappa shape index (κ1) is 19.5. The molecule has 3 aromatic carbocycles. The van der Waals surface area contributed by atoms with Crippen molar-refractivity contribution in [2.24, 2.45) is 0 Å². The monoisotopic (exact) mass is 437 g/mol. The Morgan fingerprint density at radius 1 is 1.00 bits per heavy atom. The molecule has 0 aliphatic rings. The molecule has 1 heterocycles. The lowest BCUT2D eigenvalue weighted by Gasteiger charge is -2.10. The Morgan fingerprint density at radius 3 is 2.48 bits per heavy atom. The van der Waals surface area contributed by atoms with Gasteiger partial charge in [0.15, 0.2) is 5.11 Å². The molecule has 0 saturated heterocycles. The van der Waals surface area contributed by atoms with Crippen LogP contribution in [0.5, 0.6) is 0 Å². The number of thiocarbonyl (C=S) groups is 1. The fraction of sp³-hybridized carbons (Fsp3) is 0.0455. The van der Waals surface area contributed by atoms with E-state index in [1.54, 1.807) is 35.6 Å². The average Bonchev–Trinajstić information content (AvgIpc) is 3.17. The predicted octanol–water partition coefficient (Wildman–Crippen LogP) is 5.42. The summed E-state index contributed by atoms with van der Waals surface area (Å²) in [7, 11) is 0. The number of nitrogens with zero attached hydrogens (tertiary/aromatic N) is 1. The Morgan fingerprint density at radius 2 is 1.72 bits per heavy atom. The number of hydrogen-bond donors (Lipinski definition) is 2. The molecule has 0 aliphatic carbocycles. The van der Waals surface area contributed by atoms with Gasteiger partial charge in [0, 0.05) is 12.1 Å². The maximum atomic E-state index is 12.2. The quantitative estimate of drug-likeness (QED) is 0.418. The maximum Gasteiger partial charge on any atom is 0.258 e. The van der Waals surface area contributed by atoms with Crippen LogP contribution in [0.2, 0.25) is 5.02 Å². The molecule has 4 rings (SSSR count). The molecule has 0 spiro atoms. The van der Waals surface area contributed by atoms with Gasteiger partial charge in [0.1, 0.15) is 5.01 Å². The van der Waals surface area contributed by atoms with Crippen LogP contribution >= 0.6 is 35.2 Å². The van der Waals surface area contributed by atoms with Crippen LogP contribution in [0.3, 0.4) is 0 Å². The summed E-state index contributed by atoms with van der Waals surface area (Å²) < 4.78 is 1.17. The van der Waals surface area contributed by atoms with Gasteiger partial charge >= 0.3 is 0 Å². The van der Waals surface area contributed by atoms with Crippen LogP contribution < -0.4 is 10.6 Å². The zero-order chi connectivity index (χ0) is 20.2. The molecule has 2 N–H and O–H groups in total. The van der Waals surface area contributed by atoms with Gasteiger partial charge in [0.25, 0.3) is 5.91 Å². The Hall–Kier alpha value is -2.80. The van der Waals surface area contributed by atoms with E-state index in [-0.39, 0.29) is 11.0 Å². The second-order valence-corrected chi connectivity index (χ2v) is 8.15. The molecule has 0 bridgehead atoms. The first-order valence-corrected chi connectivity index (χ1v) is 10.5. The topological polar surface area (TPSA) is 54.0 Å². The lowest BCUT2D eigenvalue weighted by molar-refractivity contribution is 0.0977. The van der Waals surface area contributed by atoms with E-state index in [0.29, 0.717) is 17.1 Å². The number of fused-ring (bicyclic) bond motifs is 1. The number of aromatic nitrogens is 1. The average molecular weight is 438 g/mol. The van der Waals surface area contributed by atoms with Crippen molar-refractivity contribution in [1.82, 2.24) is 15.6 Å². The van der Waals surface area contributed by atoms with Crippen LogP contribution in [0.15, 0.2) is 72.8 Å². The highest BCUT2D eigenvalue weighted by Gasteiger charge is 2.11. The molecular weight excluding hydrogens is 422 g/mol. The third kappa shape index (κ3) is 4.62. The number of carbonyl (C=O) groups excluding carboxylic acids is 1. The number of halogens is 1. The molecule has 29 heavy (non-hydrogen) atoms. The number of para-hydroxylation sites is 1. The van der Waals surface area contributed by atoms with Gasteiger partial charge in [-0.3, -0.25) is 10.1 Å². The highest BCUT2D eigenvalue weighted by molar-refractivity contribution is 7.80. The summed E-state index contributed by atoms with van der Waals surface area (Å²) in [4.78, 5) is 16.9. The van der Waals surface area contributed by atoms with Crippen molar-refractivity contribution in [1.29, 1.82) is 0 Å². The molecule has 0 saturated carbocycles. The van der Waals surface area contributed by atoms with Gasteiger partial charge < -0.3 is 5.32 Å². The van der Waals surface area contributed by atoms with Gasteiger partial charge in [0.05, 0.1) is 20.8 Å². The number of nitrogens with one attached hydrogen (secondary N) is 2. The molecule has 0 radical (unpaired) electrons.